The van der Waals surface area contributed by atoms with Crippen LogP contribution in [0.15, 0.2) is 11.4 Å². The van der Waals surface area contributed by atoms with Crippen molar-refractivity contribution >= 4 is 28.7 Å². The monoisotopic (exact) mass is 243 g/mol. The zero-order valence-electron chi connectivity index (χ0n) is 8.41. The molecular formula is C11H14ClNOS. The molecule has 0 bridgehead atoms. The van der Waals surface area contributed by atoms with Crippen molar-refractivity contribution < 1.29 is 4.79 Å². The van der Waals surface area contributed by atoms with E-state index in [0.29, 0.717) is 5.02 Å². The molecule has 0 aromatic carbocycles. The lowest BCUT2D eigenvalue weighted by Gasteiger charge is -2.24. The molecule has 0 aliphatic heterocycles. The second kappa shape index (κ2) is 4.64. The van der Waals surface area contributed by atoms with Crippen molar-refractivity contribution in [3.05, 3.63) is 21.3 Å². The maximum atomic E-state index is 12.1. The van der Waals surface area contributed by atoms with Crippen LogP contribution in [-0.2, 0) is 0 Å². The van der Waals surface area contributed by atoms with E-state index in [2.05, 4.69) is 0 Å². The highest BCUT2D eigenvalue weighted by Crippen LogP contribution is 2.31. The fraction of sp³-hybridized carbons (Fsp3) is 0.545. The normalized spacial score (nSPS) is 26.5. The number of rotatable bonds is 2. The van der Waals surface area contributed by atoms with Crippen LogP contribution in [-0.4, -0.2) is 11.8 Å². The van der Waals surface area contributed by atoms with Gasteiger partial charge >= 0.3 is 0 Å². The highest BCUT2D eigenvalue weighted by Gasteiger charge is 2.27. The molecule has 1 aliphatic carbocycles. The minimum Gasteiger partial charge on any atom is -0.328 e. The summed E-state index contributed by atoms with van der Waals surface area (Å²) in [7, 11) is 0. The Morgan fingerprint density at radius 3 is 2.60 bits per heavy atom. The summed E-state index contributed by atoms with van der Waals surface area (Å²) in [6.45, 7) is 0. The number of hydrogen-bond donors (Lipinski definition) is 1. The summed E-state index contributed by atoms with van der Waals surface area (Å²) in [6.07, 6.45) is 3.74. The van der Waals surface area contributed by atoms with Gasteiger partial charge in [-0.3, -0.25) is 4.79 Å². The molecule has 0 saturated heterocycles. The van der Waals surface area contributed by atoms with Crippen LogP contribution >= 0.6 is 22.9 Å². The summed E-state index contributed by atoms with van der Waals surface area (Å²) in [5.74, 6) is 0.350. The van der Waals surface area contributed by atoms with E-state index in [1.807, 2.05) is 5.38 Å². The molecule has 4 heteroatoms. The van der Waals surface area contributed by atoms with Gasteiger partial charge in [0.15, 0.2) is 5.78 Å². The van der Waals surface area contributed by atoms with Gasteiger partial charge in [-0.1, -0.05) is 11.6 Å². The van der Waals surface area contributed by atoms with Crippen LogP contribution in [0.2, 0.25) is 5.02 Å². The zero-order chi connectivity index (χ0) is 10.8. The van der Waals surface area contributed by atoms with Crippen molar-refractivity contribution in [2.75, 3.05) is 0 Å². The molecule has 1 aromatic heterocycles. The van der Waals surface area contributed by atoms with Crippen molar-refractivity contribution in [2.24, 2.45) is 11.7 Å². The molecule has 0 amide bonds. The molecule has 1 heterocycles. The largest absolute Gasteiger partial charge is 0.328 e. The van der Waals surface area contributed by atoms with Gasteiger partial charge in [-0.25, -0.2) is 0 Å². The Morgan fingerprint density at radius 1 is 1.40 bits per heavy atom. The fourth-order valence-corrected chi connectivity index (χ4v) is 3.20. The van der Waals surface area contributed by atoms with Crippen LogP contribution < -0.4 is 5.73 Å². The SMILES string of the molecule is NC1CCC(C(=O)c2sccc2Cl)CC1. The highest BCUT2D eigenvalue weighted by molar-refractivity contribution is 7.12. The smallest absolute Gasteiger partial charge is 0.177 e. The molecule has 2 rings (SSSR count). The maximum Gasteiger partial charge on any atom is 0.177 e. The van der Waals surface area contributed by atoms with E-state index in [1.165, 1.54) is 11.3 Å². The summed E-state index contributed by atoms with van der Waals surface area (Å²) in [4.78, 5) is 12.8. The van der Waals surface area contributed by atoms with Crippen molar-refractivity contribution in [1.29, 1.82) is 0 Å². The molecule has 1 aliphatic rings. The number of Topliss-reactive ketones (excluding diaryl/α,β-unsaturated/α-hetero) is 1. The van der Waals surface area contributed by atoms with Crippen LogP contribution in [0.3, 0.4) is 0 Å². The van der Waals surface area contributed by atoms with Crippen LogP contribution in [0.1, 0.15) is 35.4 Å². The lowest BCUT2D eigenvalue weighted by atomic mass is 9.83. The van der Waals surface area contributed by atoms with Gasteiger partial charge < -0.3 is 5.73 Å². The maximum absolute atomic E-state index is 12.1. The standard InChI is InChI=1S/C11H14ClNOS/c12-9-5-6-15-11(9)10(14)7-1-3-8(13)4-2-7/h5-8H,1-4,13H2. The van der Waals surface area contributed by atoms with Crippen molar-refractivity contribution in [2.45, 2.75) is 31.7 Å². The lowest BCUT2D eigenvalue weighted by molar-refractivity contribution is 0.0889. The van der Waals surface area contributed by atoms with Gasteiger partial charge in [0, 0.05) is 12.0 Å². The molecule has 82 valence electrons. The van der Waals surface area contributed by atoms with Gasteiger partial charge in [0.25, 0.3) is 0 Å². The van der Waals surface area contributed by atoms with E-state index in [1.54, 1.807) is 6.07 Å². The quantitative estimate of drug-likeness (QED) is 0.812. The lowest BCUT2D eigenvalue weighted by Crippen LogP contribution is -2.29. The number of carbonyl (C=O) groups excluding carboxylic acids is 1. The first kappa shape index (κ1) is 11.1. The molecule has 1 saturated carbocycles. The number of ketones is 1. The Labute approximate surface area is 98.4 Å². The number of nitrogens with two attached hydrogens (primary N) is 1. The number of carbonyl (C=O) groups is 1. The second-order valence-corrected chi connectivity index (χ2v) is 5.40. The molecular weight excluding hydrogens is 230 g/mol. The Kier molecular flexibility index (Phi) is 3.44. The van der Waals surface area contributed by atoms with Gasteiger partial charge in [-0.05, 0) is 37.1 Å². The van der Waals surface area contributed by atoms with E-state index in [9.17, 15) is 4.79 Å². The highest BCUT2D eigenvalue weighted by atomic mass is 35.5. The fourth-order valence-electron chi connectivity index (χ4n) is 2.04. The molecule has 0 atom stereocenters. The van der Waals surface area contributed by atoms with Gasteiger partial charge in [-0.2, -0.15) is 0 Å². The first-order valence-electron chi connectivity index (χ1n) is 5.21. The third-order valence-electron chi connectivity index (χ3n) is 2.98. The first-order valence-corrected chi connectivity index (χ1v) is 6.47. The van der Waals surface area contributed by atoms with E-state index >= 15 is 0 Å². The number of halogens is 1. The Hall–Kier alpha value is -0.380. The summed E-state index contributed by atoms with van der Waals surface area (Å²) < 4.78 is 0. The summed E-state index contributed by atoms with van der Waals surface area (Å²) in [5.41, 5.74) is 5.81. The summed E-state index contributed by atoms with van der Waals surface area (Å²) >= 11 is 7.39. The van der Waals surface area contributed by atoms with E-state index in [-0.39, 0.29) is 17.7 Å². The van der Waals surface area contributed by atoms with Gasteiger partial charge in [0.05, 0.1) is 9.90 Å². The molecule has 0 spiro atoms. The van der Waals surface area contributed by atoms with Crippen LogP contribution in [0.4, 0.5) is 0 Å². The Balaban J connectivity index is 2.06. The minimum atomic E-state index is 0.140. The van der Waals surface area contributed by atoms with E-state index in [4.69, 9.17) is 17.3 Å². The predicted molar refractivity (Wildman–Crippen MR) is 63.6 cm³/mol. The zero-order valence-corrected chi connectivity index (χ0v) is 9.98. The third kappa shape index (κ3) is 2.41. The minimum absolute atomic E-state index is 0.140. The van der Waals surface area contributed by atoms with Crippen molar-refractivity contribution in [1.82, 2.24) is 0 Å². The van der Waals surface area contributed by atoms with Crippen LogP contribution in [0.5, 0.6) is 0 Å². The molecule has 0 radical (unpaired) electrons. The van der Waals surface area contributed by atoms with Gasteiger partial charge in [-0.15, -0.1) is 11.3 Å². The molecule has 0 unspecified atom stereocenters. The molecule has 1 aromatic rings. The average Bonchev–Trinajstić information content (AvgIpc) is 2.65. The topological polar surface area (TPSA) is 43.1 Å². The van der Waals surface area contributed by atoms with Crippen molar-refractivity contribution in [3.63, 3.8) is 0 Å². The summed E-state index contributed by atoms with van der Waals surface area (Å²) in [5, 5.41) is 2.46. The van der Waals surface area contributed by atoms with Gasteiger partial charge in [0.1, 0.15) is 0 Å². The predicted octanol–water partition coefficient (Wildman–Crippen LogP) is 3.10. The Morgan fingerprint density at radius 2 is 2.07 bits per heavy atom. The average molecular weight is 244 g/mol. The van der Waals surface area contributed by atoms with Gasteiger partial charge in [0.2, 0.25) is 0 Å². The molecule has 15 heavy (non-hydrogen) atoms. The number of hydrogen-bond acceptors (Lipinski definition) is 3. The van der Waals surface area contributed by atoms with E-state index in [0.717, 1.165) is 30.6 Å². The Bertz CT molecular complexity index is 355. The third-order valence-corrected chi connectivity index (χ3v) is 4.34. The van der Waals surface area contributed by atoms with Crippen LogP contribution in [0, 0.1) is 5.92 Å². The van der Waals surface area contributed by atoms with E-state index < -0.39 is 0 Å². The first-order chi connectivity index (χ1) is 7.18. The molecule has 2 nitrogen and oxygen atoms in total. The molecule has 1 fully saturated rings. The molecule has 2 N–H and O–H groups in total. The van der Waals surface area contributed by atoms with Crippen LogP contribution in [0.25, 0.3) is 0 Å². The number of thiophene rings is 1. The van der Waals surface area contributed by atoms with Crippen molar-refractivity contribution in [3.8, 4) is 0 Å². The second-order valence-electron chi connectivity index (χ2n) is 4.07. The summed E-state index contributed by atoms with van der Waals surface area (Å²) in [6, 6.07) is 2.07.